The van der Waals surface area contributed by atoms with E-state index < -0.39 is 0 Å². The molecule has 27 heavy (non-hydrogen) atoms. The Morgan fingerprint density at radius 2 is 1.93 bits per heavy atom. The van der Waals surface area contributed by atoms with Crippen LogP contribution in [0, 0.1) is 0 Å². The number of hydrogen-bond acceptors (Lipinski definition) is 6. The standard InChI is InChI=1S/C19H19N5O2S/c1-13(25)21-17-8-9-19(24-23-17)27-10-4-7-18(26)22-15-11-14-5-2-3-6-16(14)20-12-15/h2-3,5-6,8-9,11-12H,4,7,10H2,1H3,(H,22,26)(H,21,23,25). The number of nitrogens with zero attached hydrogens (tertiary/aromatic N) is 3. The fourth-order valence-electron chi connectivity index (χ4n) is 2.42. The number of benzene rings is 1. The fraction of sp³-hybridized carbons (Fsp3) is 0.211. The first-order valence-electron chi connectivity index (χ1n) is 8.49. The Kier molecular flexibility index (Phi) is 6.32. The molecule has 0 bridgehead atoms. The lowest BCUT2D eigenvalue weighted by Gasteiger charge is -2.06. The summed E-state index contributed by atoms with van der Waals surface area (Å²) < 4.78 is 0. The van der Waals surface area contributed by atoms with Crippen molar-refractivity contribution in [1.82, 2.24) is 15.2 Å². The quantitative estimate of drug-likeness (QED) is 0.480. The smallest absolute Gasteiger partial charge is 0.224 e. The van der Waals surface area contributed by atoms with Crippen LogP contribution in [0.1, 0.15) is 19.8 Å². The zero-order chi connectivity index (χ0) is 19.1. The second kappa shape index (κ2) is 9.09. The summed E-state index contributed by atoms with van der Waals surface area (Å²) in [6.07, 6.45) is 2.80. The normalized spacial score (nSPS) is 10.6. The third-order valence-electron chi connectivity index (χ3n) is 3.62. The van der Waals surface area contributed by atoms with Crippen molar-refractivity contribution in [1.29, 1.82) is 0 Å². The number of nitrogens with one attached hydrogen (secondary N) is 2. The van der Waals surface area contributed by atoms with E-state index in [1.165, 1.54) is 18.7 Å². The molecule has 0 fully saturated rings. The number of para-hydroxylation sites is 1. The Balaban J connectivity index is 1.42. The SMILES string of the molecule is CC(=O)Nc1ccc(SCCCC(=O)Nc2cnc3ccccc3c2)nn1. The summed E-state index contributed by atoms with van der Waals surface area (Å²) in [6.45, 7) is 1.42. The first kappa shape index (κ1) is 18.8. The van der Waals surface area contributed by atoms with E-state index in [0.717, 1.165) is 21.7 Å². The Morgan fingerprint density at radius 1 is 1.07 bits per heavy atom. The number of hydrogen-bond donors (Lipinski definition) is 2. The number of pyridine rings is 1. The number of carbonyl (C=O) groups is 2. The van der Waals surface area contributed by atoms with Crippen LogP contribution in [0.4, 0.5) is 11.5 Å². The van der Waals surface area contributed by atoms with Crippen LogP contribution in [0.2, 0.25) is 0 Å². The van der Waals surface area contributed by atoms with E-state index in [0.29, 0.717) is 24.3 Å². The Labute approximate surface area is 161 Å². The maximum Gasteiger partial charge on any atom is 0.224 e. The average Bonchev–Trinajstić information content (AvgIpc) is 2.66. The van der Waals surface area contributed by atoms with Crippen LogP contribution >= 0.6 is 11.8 Å². The van der Waals surface area contributed by atoms with Crippen LogP contribution in [0.5, 0.6) is 0 Å². The van der Waals surface area contributed by atoms with Crippen molar-refractivity contribution in [2.75, 3.05) is 16.4 Å². The largest absolute Gasteiger partial charge is 0.325 e. The summed E-state index contributed by atoms with van der Waals surface area (Å²) >= 11 is 1.52. The first-order chi connectivity index (χ1) is 13.1. The molecule has 1 aromatic carbocycles. The van der Waals surface area contributed by atoms with Gasteiger partial charge in [0.25, 0.3) is 0 Å². The van der Waals surface area contributed by atoms with Gasteiger partial charge in [-0.2, -0.15) is 0 Å². The van der Waals surface area contributed by atoms with Gasteiger partial charge in [-0.1, -0.05) is 18.2 Å². The summed E-state index contributed by atoms with van der Waals surface area (Å²) in [5.74, 6) is 0.949. The molecule has 7 nitrogen and oxygen atoms in total. The first-order valence-corrected chi connectivity index (χ1v) is 9.47. The van der Waals surface area contributed by atoms with Gasteiger partial charge in [-0.25, -0.2) is 0 Å². The van der Waals surface area contributed by atoms with E-state index in [1.807, 2.05) is 30.3 Å². The van der Waals surface area contributed by atoms with Gasteiger partial charge < -0.3 is 10.6 Å². The van der Waals surface area contributed by atoms with Gasteiger partial charge in [0.15, 0.2) is 5.82 Å². The maximum atomic E-state index is 12.1. The molecule has 0 unspecified atom stereocenters. The van der Waals surface area contributed by atoms with Gasteiger partial charge >= 0.3 is 0 Å². The molecule has 2 heterocycles. The average molecular weight is 381 g/mol. The molecule has 3 aromatic rings. The molecule has 0 saturated heterocycles. The zero-order valence-corrected chi connectivity index (χ0v) is 15.6. The minimum atomic E-state index is -0.183. The highest BCUT2D eigenvalue weighted by molar-refractivity contribution is 7.99. The van der Waals surface area contributed by atoms with Crippen molar-refractivity contribution in [2.24, 2.45) is 0 Å². The van der Waals surface area contributed by atoms with Crippen molar-refractivity contribution in [3.63, 3.8) is 0 Å². The molecule has 138 valence electrons. The highest BCUT2D eigenvalue weighted by Crippen LogP contribution is 2.18. The molecular formula is C19H19N5O2S. The van der Waals surface area contributed by atoms with E-state index in [-0.39, 0.29) is 11.8 Å². The summed E-state index contributed by atoms with van der Waals surface area (Å²) in [7, 11) is 0. The lowest BCUT2D eigenvalue weighted by atomic mass is 10.2. The molecule has 2 N–H and O–H groups in total. The van der Waals surface area contributed by atoms with E-state index in [4.69, 9.17) is 0 Å². The molecule has 2 aromatic heterocycles. The summed E-state index contributed by atoms with van der Waals surface area (Å²) in [4.78, 5) is 27.4. The fourth-order valence-corrected chi connectivity index (χ4v) is 3.18. The molecule has 0 aliphatic carbocycles. The lowest BCUT2D eigenvalue weighted by molar-refractivity contribution is -0.116. The van der Waals surface area contributed by atoms with Crippen molar-refractivity contribution < 1.29 is 9.59 Å². The minimum absolute atomic E-state index is 0.0419. The summed E-state index contributed by atoms with van der Waals surface area (Å²) in [5.41, 5.74) is 1.60. The van der Waals surface area contributed by atoms with E-state index >= 15 is 0 Å². The molecule has 0 radical (unpaired) electrons. The van der Waals surface area contributed by atoms with Gasteiger partial charge in [-0.05, 0) is 30.7 Å². The monoisotopic (exact) mass is 381 g/mol. The highest BCUT2D eigenvalue weighted by atomic mass is 32.2. The Bertz CT molecular complexity index is 946. The lowest BCUT2D eigenvalue weighted by Crippen LogP contribution is -2.11. The van der Waals surface area contributed by atoms with E-state index in [2.05, 4.69) is 25.8 Å². The molecule has 0 saturated carbocycles. The number of thioether (sulfide) groups is 1. The molecule has 0 spiro atoms. The van der Waals surface area contributed by atoms with E-state index in [9.17, 15) is 9.59 Å². The number of fused-ring (bicyclic) bond motifs is 1. The number of amides is 2. The summed E-state index contributed by atoms with van der Waals surface area (Å²) in [5, 5.41) is 15.2. The number of aromatic nitrogens is 3. The second-order valence-corrected chi connectivity index (χ2v) is 6.97. The number of carbonyl (C=O) groups excluding carboxylic acids is 2. The third kappa shape index (κ3) is 5.75. The van der Waals surface area contributed by atoms with Crippen LogP contribution < -0.4 is 10.6 Å². The number of rotatable bonds is 7. The zero-order valence-electron chi connectivity index (χ0n) is 14.8. The van der Waals surface area contributed by atoms with Crippen LogP contribution in [-0.2, 0) is 9.59 Å². The van der Waals surface area contributed by atoms with Crippen LogP contribution in [-0.4, -0.2) is 32.7 Å². The maximum absolute atomic E-state index is 12.1. The topological polar surface area (TPSA) is 96.9 Å². The third-order valence-corrected chi connectivity index (χ3v) is 4.62. The van der Waals surface area contributed by atoms with Crippen LogP contribution in [0.15, 0.2) is 53.7 Å². The van der Waals surface area contributed by atoms with Crippen molar-refractivity contribution in [2.45, 2.75) is 24.8 Å². The second-order valence-electron chi connectivity index (χ2n) is 5.85. The van der Waals surface area contributed by atoms with Gasteiger partial charge in [-0.15, -0.1) is 22.0 Å². The molecule has 0 atom stereocenters. The molecule has 2 amide bonds. The van der Waals surface area contributed by atoms with Crippen molar-refractivity contribution >= 4 is 46.0 Å². The van der Waals surface area contributed by atoms with E-state index in [1.54, 1.807) is 18.3 Å². The Hall–Kier alpha value is -3.00. The molecule has 0 aliphatic rings. The molecule has 3 rings (SSSR count). The predicted octanol–water partition coefficient (Wildman–Crippen LogP) is 3.49. The molecular weight excluding hydrogens is 362 g/mol. The predicted molar refractivity (Wildman–Crippen MR) is 107 cm³/mol. The van der Waals surface area contributed by atoms with Gasteiger partial charge in [0.1, 0.15) is 5.03 Å². The van der Waals surface area contributed by atoms with Gasteiger partial charge in [0, 0.05) is 24.5 Å². The molecule has 0 aliphatic heterocycles. The van der Waals surface area contributed by atoms with Gasteiger partial charge in [0.2, 0.25) is 11.8 Å². The van der Waals surface area contributed by atoms with Crippen molar-refractivity contribution in [3.05, 3.63) is 48.7 Å². The highest BCUT2D eigenvalue weighted by Gasteiger charge is 2.05. The summed E-state index contributed by atoms with van der Waals surface area (Å²) in [6, 6.07) is 13.2. The van der Waals surface area contributed by atoms with Crippen LogP contribution in [0.25, 0.3) is 10.9 Å². The van der Waals surface area contributed by atoms with Gasteiger partial charge in [-0.3, -0.25) is 14.6 Å². The number of anilines is 2. The molecule has 8 heteroatoms. The minimum Gasteiger partial charge on any atom is -0.325 e. The van der Waals surface area contributed by atoms with Gasteiger partial charge in [0.05, 0.1) is 17.4 Å². The van der Waals surface area contributed by atoms with Crippen LogP contribution in [0.3, 0.4) is 0 Å². The Morgan fingerprint density at radius 3 is 2.70 bits per heavy atom. The van der Waals surface area contributed by atoms with Crippen molar-refractivity contribution in [3.8, 4) is 0 Å².